The number of nitrogens with zero attached hydrogens (tertiary/aromatic N) is 5. The molecule has 29 heavy (non-hydrogen) atoms. The molecule has 1 unspecified atom stereocenters. The van der Waals surface area contributed by atoms with Gasteiger partial charge in [-0.25, -0.2) is 19.2 Å². The molecular formula is C20H25FN6O2. The lowest BCUT2D eigenvalue weighted by Crippen LogP contribution is -2.36. The second-order valence-electron chi connectivity index (χ2n) is 8.37. The first-order valence-corrected chi connectivity index (χ1v) is 9.72. The number of hydrogen-bond donors (Lipinski definition) is 1. The molecule has 0 spiro atoms. The van der Waals surface area contributed by atoms with Crippen LogP contribution in [0.25, 0.3) is 22.3 Å². The maximum atomic E-state index is 14.0. The first kappa shape index (κ1) is 19.4. The van der Waals surface area contributed by atoms with Crippen LogP contribution in [0.2, 0.25) is 0 Å². The van der Waals surface area contributed by atoms with Gasteiger partial charge in [-0.3, -0.25) is 4.68 Å². The minimum atomic E-state index is -0.558. The summed E-state index contributed by atoms with van der Waals surface area (Å²) in [7, 11) is 0. The highest BCUT2D eigenvalue weighted by Crippen LogP contribution is 2.31. The summed E-state index contributed by atoms with van der Waals surface area (Å²) in [6.07, 6.45) is 7.16. The fourth-order valence-corrected chi connectivity index (χ4v) is 3.75. The van der Waals surface area contributed by atoms with Crippen LogP contribution in [-0.4, -0.2) is 61.1 Å². The Labute approximate surface area is 168 Å². The van der Waals surface area contributed by atoms with Crippen molar-refractivity contribution in [2.75, 3.05) is 19.8 Å². The number of carbonyl (C=O) groups is 1. The van der Waals surface area contributed by atoms with Crippen molar-refractivity contribution in [2.24, 2.45) is 5.92 Å². The molecule has 4 rings (SSSR count). The first-order chi connectivity index (χ1) is 13.9. The Balaban J connectivity index is 1.51. The second-order valence-corrected chi connectivity index (χ2v) is 8.37. The molecule has 2 atom stereocenters. The zero-order valence-corrected chi connectivity index (χ0v) is 16.8. The van der Waals surface area contributed by atoms with E-state index in [1.54, 1.807) is 22.0 Å². The van der Waals surface area contributed by atoms with Gasteiger partial charge < -0.3 is 14.6 Å². The molecule has 3 aromatic rings. The molecule has 154 valence electrons. The fourth-order valence-electron chi connectivity index (χ4n) is 3.75. The fraction of sp³-hybridized carbons (Fsp3) is 0.500. The number of H-pyrrole nitrogens is 1. The van der Waals surface area contributed by atoms with E-state index in [2.05, 4.69) is 20.1 Å². The van der Waals surface area contributed by atoms with Gasteiger partial charge in [-0.15, -0.1) is 0 Å². The van der Waals surface area contributed by atoms with Crippen LogP contribution in [0.4, 0.5) is 9.18 Å². The third-order valence-electron chi connectivity index (χ3n) is 5.15. The SMILES string of the molecule is CC(C)(C)OC(=O)N1CC[C@H](C(CF)n2cc(-c3ncnc4[nH]ccc34)cn2)C1. The van der Waals surface area contributed by atoms with Crippen molar-refractivity contribution >= 4 is 17.1 Å². The lowest BCUT2D eigenvalue weighted by atomic mass is 10.0. The molecule has 0 saturated carbocycles. The summed E-state index contributed by atoms with van der Waals surface area (Å²) < 4.78 is 21.1. The highest BCUT2D eigenvalue weighted by Gasteiger charge is 2.35. The van der Waals surface area contributed by atoms with Gasteiger partial charge in [0.15, 0.2) is 0 Å². The van der Waals surface area contributed by atoms with Crippen molar-refractivity contribution < 1.29 is 13.9 Å². The van der Waals surface area contributed by atoms with E-state index in [0.717, 1.165) is 22.3 Å². The Bertz CT molecular complexity index is 1010. The Kier molecular flexibility index (Phi) is 4.97. The molecule has 9 heteroatoms. The number of alkyl halides is 1. The predicted octanol–water partition coefficient (Wildman–Crippen LogP) is 3.59. The quantitative estimate of drug-likeness (QED) is 0.723. The molecule has 1 amide bonds. The minimum absolute atomic E-state index is 0.0297. The lowest BCUT2D eigenvalue weighted by Gasteiger charge is -2.25. The molecule has 0 bridgehead atoms. The molecule has 0 aromatic carbocycles. The normalized spacial score (nSPS) is 18.3. The third kappa shape index (κ3) is 3.94. The molecule has 1 saturated heterocycles. The van der Waals surface area contributed by atoms with Crippen molar-refractivity contribution in [1.82, 2.24) is 29.6 Å². The molecule has 1 N–H and O–H groups in total. The van der Waals surface area contributed by atoms with E-state index >= 15 is 0 Å². The monoisotopic (exact) mass is 400 g/mol. The molecule has 4 heterocycles. The van der Waals surface area contributed by atoms with Gasteiger partial charge in [0.1, 0.15) is 24.3 Å². The Morgan fingerprint density at radius 2 is 2.24 bits per heavy atom. The summed E-state index contributed by atoms with van der Waals surface area (Å²) >= 11 is 0. The molecule has 1 aliphatic rings. The van der Waals surface area contributed by atoms with Crippen LogP contribution in [-0.2, 0) is 4.74 Å². The van der Waals surface area contributed by atoms with Crippen LogP contribution in [0.5, 0.6) is 0 Å². The number of amides is 1. The molecule has 1 aliphatic heterocycles. The standard InChI is InChI=1S/C20H25FN6O2/c1-20(2,3)29-19(28)26-7-5-13(10-26)16(8-21)27-11-14(9-25-27)17-15-4-6-22-18(15)24-12-23-17/h4,6,9,11-13,16H,5,7-8,10H2,1-3H3,(H,22,23,24)/t13-,16?/m0/s1. The van der Waals surface area contributed by atoms with Crippen molar-refractivity contribution in [1.29, 1.82) is 0 Å². The van der Waals surface area contributed by atoms with Crippen molar-refractivity contribution in [3.63, 3.8) is 0 Å². The highest BCUT2D eigenvalue weighted by atomic mass is 19.1. The summed E-state index contributed by atoms with van der Waals surface area (Å²) in [6, 6.07) is 1.46. The molecular weight excluding hydrogens is 375 g/mol. The van der Waals surface area contributed by atoms with E-state index in [4.69, 9.17) is 4.74 Å². The van der Waals surface area contributed by atoms with Crippen LogP contribution in [0.3, 0.4) is 0 Å². The smallest absolute Gasteiger partial charge is 0.410 e. The number of aromatic nitrogens is 5. The number of fused-ring (bicyclic) bond motifs is 1. The highest BCUT2D eigenvalue weighted by molar-refractivity contribution is 5.89. The lowest BCUT2D eigenvalue weighted by molar-refractivity contribution is 0.0282. The topological polar surface area (TPSA) is 88.9 Å². The van der Waals surface area contributed by atoms with E-state index in [1.807, 2.05) is 33.0 Å². The predicted molar refractivity (Wildman–Crippen MR) is 106 cm³/mol. The zero-order chi connectivity index (χ0) is 20.6. The third-order valence-corrected chi connectivity index (χ3v) is 5.15. The van der Waals surface area contributed by atoms with Gasteiger partial charge in [0, 0.05) is 42.4 Å². The van der Waals surface area contributed by atoms with Gasteiger partial charge >= 0.3 is 6.09 Å². The zero-order valence-electron chi connectivity index (χ0n) is 16.8. The van der Waals surface area contributed by atoms with Crippen LogP contribution in [0.15, 0.2) is 31.0 Å². The van der Waals surface area contributed by atoms with E-state index in [1.165, 1.54) is 6.33 Å². The average Bonchev–Trinajstić information content (AvgIpc) is 3.41. The molecule has 3 aromatic heterocycles. The van der Waals surface area contributed by atoms with Crippen molar-refractivity contribution in [3.05, 3.63) is 31.0 Å². The van der Waals surface area contributed by atoms with Gasteiger partial charge in [-0.1, -0.05) is 0 Å². The van der Waals surface area contributed by atoms with E-state index in [0.29, 0.717) is 19.5 Å². The van der Waals surface area contributed by atoms with Gasteiger partial charge in [0.2, 0.25) is 0 Å². The number of likely N-dealkylation sites (tertiary alicyclic amines) is 1. The van der Waals surface area contributed by atoms with Gasteiger partial charge in [0.25, 0.3) is 0 Å². The van der Waals surface area contributed by atoms with Gasteiger partial charge in [-0.05, 0) is 33.3 Å². The number of hydrogen-bond acceptors (Lipinski definition) is 5. The van der Waals surface area contributed by atoms with Crippen LogP contribution < -0.4 is 0 Å². The Morgan fingerprint density at radius 1 is 1.41 bits per heavy atom. The van der Waals surface area contributed by atoms with E-state index in [9.17, 15) is 9.18 Å². The number of aromatic amines is 1. The number of halogens is 1. The van der Waals surface area contributed by atoms with Crippen LogP contribution in [0.1, 0.15) is 33.2 Å². The molecule has 8 nitrogen and oxygen atoms in total. The van der Waals surface area contributed by atoms with Crippen molar-refractivity contribution in [3.8, 4) is 11.3 Å². The van der Waals surface area contributed by atoms with E-state index < -0.39 is 18.3 Å². The summed E-state index contributed by atoms with van der Waals surface area (Å²) in [5, 5.41) is 5.29. The molecule has 0 aliphatic carbocycles. The number of ether oxygens (including phenoxy) is 1. The van der Waals surface area contributed by atoms with Gasteiger partial charge in [-0.2, -0.15) is 5.10 Å². The Morgan fingerprint density at radius 3 is 3.00 bits per heavy atom. The van der Waals surface area contributed by atoms with Crippen LogP contribution in [0, 0.1) is 5.92 Å². The average molecular weight is 400 g/mol. The molecule has 1 fully saturated rings. The van der Waals surface area contributed by atoms with Gasteiger partial charge in [0.05, 0.1) is 17.9 Å². The van der Waals surface area contributed by atoms with Crippen molar-refractivity contribution in [2.45, 2.75) is 38.8 Å². The number of rotatable bonds is 4. The minimum Gasteiger partial charge on any atom is -0.444 e. The molecule has 0 radical (unpaired) electrons. The second kappa shape index (κ2) is 7.46. The largest absolute Gasteiger partial charge is 0.444 e. The maximum absolute atomic E-state index is 14.0. The summed E-state index contributed by atoms with van der Waals surface area (Å²) in [4.78, 5) is 25.6. The maximum Gasteiger partial charge on any atom is 0.410 e. The number of carbonyl (C=O) groups excluding carboxylic acids is 1. The number of nitrogens with one attached hydrogen (secondary N) is 1. The van der Waals surface area contributed by atoms with E-state index in [-0.39, 0.29) is 12.0 Å². The van der Waals surface area contributed by atoms with Crippen LogP contribution >= 0.6 is 0 Å². The summed E-state index contributed by atoms with van der Waals surface area (Å²) in [6.45, 7) is 5.96. The first-order valence-electron chi connectivity index (χ1n) is 9.72. The summed E-state index contributed by atoms with van der Waals surface area (Å²) in [5.74, 6) is -0.0297. The summed E-state index contributed by atoms with van der Waals surface area (Å²) in [5.41, 5.74) is 1.75. The Hall–Kier alpha value is -2.97.